The summed E-state index contributed by atoms with van der Waals surface area (Å²) in [5.41, 5.74) is 0.810. The van der Waals surface area contributed by atoms with Gasteiger partial charge in [0.1, 0.15) is 0 Å². The molecular weight excluding hydrogens is 523 g/mol. The van der Waals surface area contributed by atoms with E-state index in [1.807, 2.05) is 0 Å². The smallest absolute Gasteiger partial charge is 0.416 e. The van der Waals surface area contributed by atoms with Crippen molar-refractivity contribution in [3.05, 3.63) is 35.4 Å². The molecule has 6 heteroatoms. The fourth-order valence-corrected chi connectivity index (χ4v) is 9.01. The largest absolute Gasteiger partial charge is 0.481 e. The summed E-state index contributed by atoms with van der Waals surface area (Å²) in [5, 5.41) is 9.56. The SMILES string of the molecule is CCCC1(CCC)CCC(N(CCC2CCCCC2)[C@@H]2CC[C@@H](CC(=O)O)C[C@H]2c2ccc(C(F)(F)F)cc2)CC1. The van der Waals surface area contributed by atoms with E-state index in [9.17, 15) is 23.1 Å². The van der Waals surface area contributed by atoms with Crippen LogP contribution in [0.4, 0.5) is 13.2 Å². The van der Waals surface area contributed by atoms with Crippen molar-refractivity contribution in [3.8, 4) is 0 Å². The fourth-order valence-electron chi connectivity index (χ4n) is 9.01. The lowest BCUT2D eigenvalue weighted by molar-refractivity contribution is -0.139. The van der Waals surface area contributed by atoms with E-state index in [1.54, 1.807) is 12.1 Å². The molecule has 1 aromatic carbocycles. The number of aliphatic carboxylic acids is 1. The maximum atomic E-state index is 13.4. The molecule has 3 atom stereocenters. The van der Waals surface area contributed by atoms with Crippen molar-refractivity contribution in [1.82, 2.24) is 4.90 Å². The highest BCUT2D eigenvalue weighted by atomic mass is 19.4. The number of rotatable bonds is 12. The summed E-state index contributed by atoms with van der Waals surface area (Å²) >= 11 is 0. The van der Waals surface area contributed by atoms with Crippen molar-refractivity contribution in [2.24, 2.45) is 17.3 Å². The van der Waals surface area contributed by atoms with Crippen LogP contribution in [0.15, 0.2) is 24.3 Å². The molecule has 0 unspecified atom stereocenters. The second-order valence-electron chi connectivity index (χ2n) is 13.8. The highest BCUT2D eigenvalue weighted by Gasteiger charge is 2.42. The van der Waals surface area contributed by atoms with E-state index in [4.69, 9.17) is 0 Å². The summed E-state index contributed by atoms with van der Waals surface area (Å²) < 4.78 is 40.2. The Kier molecular flexibility index (Phi) is 11.6. The molecule has 0 saturated heterocycles. The van der Waals surface area contributed by atoms with Gasteiger partial charge in [-0.05, 0) is 112 Å². The molecule has 0 aromatic heterocycles. The highest BCUT2D eigenvalue weighted by molar-refractivity contribution is 5.67. The van der Waals surface area contributed by atoms with E-state index in [1.165, 1.54) is 102 Å². The molecule has 41 heavy (non-hydrogen) atoms. The molecule has 0 spiro atoms. The van der Waals surface area contributed by atoms with Crippen LogP contribution < -0.4 is 0 Å². The Balaban J connectivity index is 1.60. The van der Waals surface area contributed by atoms with Crippen LogP contribution in [0.5, 0.6) is 0 Å². The molecule has 3 aliphatic carbocycles. The summed E-state index contributed by atoms with van der Waals surface area (Å²) in [6.45, 7) is 5.68. The number of alkyl halides is 3. The van der Waals surface area contributed by atoms with Crippen molar-refractivity contribution >= 4 is 5.97 Å². The first-order valence-corrected chi connectivity index (χ1v) is 16.8. The maximum Gasteiger partial charge on any atom is 0.416 e. The molecule has 3 fully saturated rings. The summed E-state index contributed by atoms with van der Waals surface area (Å²) in [4.78, 5) is 14.4. The van der Waals surface area contributed by atoms with Gasteiger partial charge in [-0.25, -0.2) is 0 Å². The Morgan fingerprint density at radius 3 is 2.10 bits per heavy atom. The zero-order valence-electron chi connectivity index (χ0n) is 25.6. The van der Waals surface area contributed by atoms with Gasteiger partial charge >= 0.3 is 12.1 Å². The van der Waals surface area contributed by atoms with Crippen LogP contribution in [-0.4, -0.2) is 34.6 Å². The number of halogens is 3. The van der Waals surface area contributed by atoms with Crippen LogP contribution >= 0.6 is 0 Å². The predicted molar refractivity (Wildman–Crippen MR) is 160 cm³/mol. The molecule has 4 rings (SSSR count). The first kappa shape index (κ1) is 32.4. The van der Waals surface area contributed by atoms with E-state index in [0.29, 0.717) is 11.5 Å². The number of hydrogen-bond donors (Lipinski definition) is 1. The number of carboxylic acid groups (broad SMARTS) is 1. The average Bonchev–Trinajstić information content (AvgIpc) is 2.95. The number of benzene rings is 1. The normalized spacial score (nSPS) is 26.3. The lowest BCUT2D eigenvalue weighted by Crippen LogP contribution is -2.51. The van der Waals surface area contributed by atoms with Crippen LogP contribution in [0, 0.1) is 17.3 Å². The molecule has 0 bridgehead atoms. The molecule has 232 valence electrons. The van der Waals surface area contributed by atoms with Crippen molar-refractivity contribution in [2.75, 3.05) is 6.54 Å². The van der Waals surface area contributed by atoms with Crippen molar-refractivity contribution < 1.29 is 23.1 Å². The van der Waals surface area contributed by atoms with Crippen molar-refractivity contribution in [1.29, 1.82) is 0 Å². The third-order valence-corrected chi connectivity index (χ3v) is 11.0. The zero-order chi connectivity index (χ0) is 29.5. The summed E-state index contributed by atoms with van der Waals surface area (Å²) in [6, 6.07) is 6.58. The van der Waals surface area contributed by atoms with Gasteiger partial charge in [-0.1, -0.05) is 70.9 Å². The van der Waals surface area contributed by atoms with Gasteiger partial charge in [0.25, 0.3) is 0 Å². The third-order valence-electron chi connectivity index (χ3n) is 11.0. The molecule has 0 radical (unpaired) electrons. The van der Waals surface area contributed by atoms with E-state index in [0.717, 1.165) is 37.3 Å². The second kappa shape index (κ2) is 14.8. The minimum atomic E-state index is -4.35. The monoisotopic (exact) mass is 577 g/mol. The van der Waals surface area contributed by atoms with Gasteiger partial charge in [-0.15, -0.1) is 0 Å². The van der Waals surface area contributed by atoms with Gasteiger partial charge in [-0.2, -0.15) is 13.2 Å². The van der Waals surface area contributed by atoms with Gasteiger partial charge in [-0.3, -0.25) is 9.69 Å². The lowest BCUT2D eigenvalue weighted by Gasteiger charge is -2.50. The number of carboxylic acids is 1. The first-order chi connectivity index (χ1) is 19.6. The van der Waals surface area contributed by atoms with Gasteiger partial charge in [0, 0.05) is 18.5 Å². The molecule has 1 aromatic rings. The molecular formula is C35H54F3NO2. The minimum absolute atomic E-state index is 0.0692. The van der Waals surface area contributed by atoms with Crippen LogP contribution in [-0.2, 0) is 11.0 Å². The molecule has 3 saturated carbocycles. The van der Waals surface area contributed by atoms with Crippen molar-refractivity contribution in [2.45, 2.75) is 154 Å². The standard InChI is InChI=1S/C35H54F3NO2/c1-3-19-34(20-4-2)21-16-30(17-22-34)39(23-18-26-8-6-5-7-9-26)32-15-10-27(25-33(40)41)24-31(32)28-11-13-29(14-12-28)35(36,37)38/h11-14,26-27,30-32H,3-10,15-25H2,1-2H3,(H,40,41)/t27-,31+,32-/m1/s1. The van der Waals surface area contributed by atoms with E-state index >= 15 is 0 Å². The Bertz CT molecular complexity index is 924. The van der Waals surface area contributed by atoms with Gasteiger partial charge in [0.15, 0.2) is 0 Å². The zero-order valence-corrected chi connectivity index (χ0v) is 25.6. The molecule has 3 aliphatic rings. The summed E-state index contributed by atoms with van der Waals surface area (Å²) in [6.07, 6.45) is 16.3. The molecule has 0 amide bonds. The maximum absolute atomic E-state index is 13.4. The van der Waals surface area contributed by atoms with Crippen LogP contribution in [0.2, 0.25) is 0 Å². The third kappa shape index (κ3) is 8.74. The van der Waals surface area contributed by atoms with Gasteiger partial charge in [0.2, 0.25) is 0 Å². The first-order valence-electron chi connectivity index (χ1n) is 16.8. The Hall–Kier alpha value is -1.56. The second-order valence-corrected chi connectivity index (χ2v) is 13.8. The van der Waals surface area contributed by atoms with Gasteiger partial charge < -0.3 is 5.11 Å². The molecule has 1 N–H and O–H groups in total. The van der Waals surface area contributed by atoms with E-state index in [2.05, 4.69) is 18.7 Å². The van der Waals surface area contributed by atoms with Crippen LogP contribution in [0.25, 0.3) is 0 Å². The lowest BCUT2D eigenvalue weighted by atomic mass is 9.66. The molecule has 0 heterocycles. The Labute approximate surface area is 246 Å². The van der Waals surface area contributed by atoms with Crippen LogP contribution in [0.1, 0.15) is 146 Å². The number of nitrogens with zero attached hydrogens (tertiary/aromatic N) is 1. The minimum Gasteiger partial charge on any atom is -0.481 e. The number of carbonyl (C=O) groups is 1. The topological polar surface area (TPSA) is 40.5 Å². The van der Waals surface area contributed by atoms with Gasteiger partial charge in [0.05, 0.1) is 5.56 Å². The van der Waals surface area contributed by atoms with Crippen molar-refractivity contribution in [3.63, 3.8) is 0 Å². The highest BCUT2D eigenvalue weighted by Crippen LogP contribution is 2.48. The predicted octanol–water partition coefficient (Wildman–Crippen LogP) is 10.2. The van der Waals surface area contributed by atoms with Crippen LogP contribution in [0.3, 0.4) is 0 Å². The Morgan fingerprint density at radius 2 is 1.54 bits per heavy atom. The Morgan fingerprint density at radius 1 is 0.902 bits per heavy atom. The average molecular weight is 578 g/mol. The fraction of sp³-hybridized carbons (Fsp3) is 0.800. The summed E-state index contributed by atoms with van der Waals surface area (Å²) in [7, 11) is 0. The molecule has 3 nitrogen and oxygen atoms in total. The number of hydrogen-bond acceptors (Lipinski definition) is 2. The quantitative estimate of drug-likeness (QED) is 0.269. The van der Waals surface area contributed by atoms with E-state index < -0.39 is 17.7 Å². The van der Waals surface area contributed by atoms with E-state index in [-0.39, 0.29) is 24.3 Å². The summed E-state index contributed by atoms with van der Waals surface area (Å²) in [5.74, 6) is 0.148. The molecule has 0 aliphatic heterocycles.